The van der Waals surface area contributed by atoms with Gasteiger partial charge in [-0.25, -0.2) is 4.39 Å². The molecule has 0 aliphatic heterocycles. The highest BCUT2D eigenvalue weighted by atomic mass is 32.2. The Balaban J connectivity index is 1.67. The second-order valence-electron chi connectivity index (χ2n) is 4.65. The minimum atomic E-state index is -0.287. The van der Waals surface area contributed by atoms with Crippen LogP contribution in [0, 0.1) is 12.7 Å². The van der Waals surface area contributed by atoms with Crippen molar-refractivity contribution < 1.29 is 13.2 Å². The molecule has 8 heteroatoms. The molecule has 0 aliphatic rings. The lowest BCUT2D eigenvalue weighted by molar-refractivity contribution is 0.415. The van der Waals surface area contributed by atoms with E-state index in [2.05, 4.69) is 20.4 Å². The summed E-state index contributed by atoms with van der Waals surface area (Å²) >= 11 is 1.32. The van der Waals surface area contributed by atoms with Gasteiger partial charge in [-0.15, -0.1) is 20.4 Å². The molecule has 6 nitrogen and oxygen atoms in total. The second kappa shape index (κ2) is 6.27. The molecule has 1 aromatic carbocycles. The summed E-state index contributed by atoms with van der Waals surface area (Å²) in [5, 5.41) is 15.9. The fourth-order valence-electron chi connectivity index (χ4n) is 1.84. The fraction of sp³-hybridized carbons (Fsp3) is 0.286. The van der Waals surface area contributed by atoms with Crippen LogP contribution < -0.4 is 0 Å². The lowest BCUT2D eigenvalue weighted by atomic mass is 10.1. The number of nitrogens with zero attached hydrogens (tertiary/aromatic N) is 4. The van der Waals surface area contributed by atoms with Crippen molar-refractivity contribution in [3.8, 4) is 0 Å². The smallest absolute Gasteiger partial charge is 0.277 e. The van der Waals surface area contributed by atoms with Crippen LogP contribution in [0.5, 0.6) is 0 Å². The summed E-state index contributed by atoms with van der Waals surface area (Å²) in [6.07, 6.45) is 0.258. The third kappa shape index (κ3) is 3.33. The van der Waals surface area contributed by atoms with Gasteiger partial charge in [0.25, 0.3) is 5.22 Å². The van der Waals surface area contributed by atoms with Crippen LogP contribution in [-0.4, -0.2) is 20.4 Å². The summed E-state index contributed by atoms with van der Waals surface area (Å²) < 4.78 is 24.5. The maximum atomic E-state index is 13.6. The maximum absolute atomic E-state index is 13.6. The molecule has 0 saturated carbocycles. The lowest BCUT2D eigenvalue weighted by Crippen LogP contribution is -1.92. The number of rotatable bonds is 5. The van der Waals surface area contributed by atoms with Crippen LogP contribution in [0.4, 0.5) is 4.39 Å². The Labute approximate surface area is 130 Å². The Morgan fingerprint density at radius 2 is 1.95 bits per heavy atom. The number of halogens is 1. The molecule has 0 spiro atoms. The highest BCUT2D eigenvalue weighted by molar-refractivity contribution is 7.99. The third-order valence-corrected chi connectivity index (χ3v) is 3.84. The van der Waals surface area contributed by atoms with E-state index in [9.17, 15) is 4.39 Å². The van der Waals surface area contributed by atoms with Gasteiger partial charge in [0, 0.05) is 6.92 Å². The van der Waals surface area contributed by atoms with E-state index in [0.717, 1.165) is 0 Å². The van der Waals surface area contributed by atoms with Crippen molar-refractivity contribution in [2.75, 3.05) is 0 Å². The molecule has 1 atom stereocenters. The van der Waals surface area contributed by atoms with Crippen molar-refractivity contribution in [1.82, 2.24) is 20.4 Å². The van der Waals surface area contributed by atoms with Crippen molar-refractivity contribution >= 4 is 11.8 Å². The molecule has 0 unspecified atom stereocenters. The van der Waals surface area contributed by atoms with Gasteiger partial charge < -0.3 is 8.83 Å². The van der Waals surface area contributed by atoms with Gasteiger partial charge >= 0.3 is 0 Å². The molecule has 2 aromatic heterocycles. The fourth-order valence-corrected chi connectivity index (χ4v) is 2.57. The average molecular weight is 320 g/mol. The summed E-state index contributed by atoms with van der Waals surface area (Å²) in [7, 11) is 0. The largest absolute Gasteiger partial charge is 0.424 e. The van der Waals surface area contributed by atoms with E-state index in [4.69, 9.17) is 8.83 Å². The minimum Gasteiger partial charge on any atom is -0.424 e. The van der Waals surface area contributed by atoms with E-state index in [1.807, 2.05) is 6.92 Å². The standard InChI is InChI=1S/C14H13FN4O2S/c1-8(13-18-16-9(2)20-13)22-14-19-17-12(21-14)7-10-5-3-4-6-11(10)15/h3-6,8H,7H2,1-2H3/t8-/m0/s1. The van der Waals surface area contributed by atoms with Crippen molar-refractivity contribution in [2.24, 2.45) is 0 Å². The van der Waals surface area contributed by atoms with Gasteiger partial charge in [0.15, 0.2) is 0 Å². The molecule has 0 amide bonds. The zero-order chi connectivity index (χ0) is 15.5. The normalized spacial score (nSPS) is 12.5. The molecule has 0 saturated heterocycles. The predicted octanol–water partition coefficient (Wildman–Crippen LogP) is 3.34. The van der Waals surface area contributed by atoms with Crippen LogP contribution in [-0.2, 0) is 6.42 Å². The molecule has 3 rings (SSSR count). The van der Waals surface area contributed by atoms with Gasteiger partial charge in [-0.1, -0.05) is 30.0 Å². The first-order valence-corrected chi connectivity index (χ1v) is 7.52. The van der Waals surface area contributed by atoms with E-state index in [0.29, 0.717) is 28.5 Å². The van der Waals surface area contributed by atoms with Gasteiger partial charge in [-0.05, 0) is 18.6 Å². The van der Waals surface area contributed by atoms with Gasteiger partial charge in [-0.3, -0.25) is 0 Å². The Morgan fingerprint density at radius 1 is 1.14 bits per heavy atom. The monoisotopic (exact) mass is 320 g/mol. The first-order chi connectivity index (χ1) is 10.6. The SMILES string of the molecule is Cc1nnc([C@H](C)Sc2nnc(Cc3ccccc3F)o2)o1. The summed E-state index contributed by atoms with van der Waals surface area (Å²) in [5.74, 6) is 1.08. The average Bonchev–Trinajstić information content (AvgIpc) is 3.11. The van der Waals surface area contributed by atoms with E-state index in [-0.39, 0.29) is 17.5 Å². The molecule has 0 fully saturated rings. The van der Waals surface area contributed by atoms with E-state index in [1.165, 1.54) is 17.8 Å². The number of hydrogen-bond acceptors (Lipinski definition) is 7. The van der Waals surface area contributed by atoms with Crippen LogP contribution in [0.15, 0.2) is 38.3 Å². The number of benzene rings is 1. The Bertz CT molecular complexity index is 774. The van der Waals surface area contributed by atoms with Gasteiger partial charge in [-0.2, -0.15) is 0 Å². The van der Waals surface area contributed by atoms with Crippen molar-refractivity contribution in [3.63, 3.8) is 0 Å². The van der Waals surface area contributed by atoms with E-state index in [1.54, 1.807) is 25.1 Å². The van der Waals surface area contributed by atoms with Gasteiger partial charge in [0.2, 0.25) is 17.7 Å². The van der Waals surface area contributed by atoms with Gasteiger partial charge in [0.1, 0.15) is 5.82 Å². The highest BCUT2D eigenvalue weighted by Crippen LogP contribution is 2.33. The molecule has 0 bridgehead atoms. The second-order valence-corrected chi connectivity index (χ2v) is 5.94. The number of aryl methyl sites for hydroxylation is 1. The predicted molar refractivity (Wildman–Crippen MR) is 76.8 cm³/mol. The Kier molecular flexibility index (Phi) is 4.19. The maximum Gasteiger partial charge on any atom is 0.277 e. The Morgan fingerprint density at radius 3 is 2.68 bits per heavy atom. The van der Waals surface area contributed by atoms with Crippen LogP contribution in [0.25, 0.3) is 0 Å². The van der Waals surface area contributed by atoms with Crippen molar-refractivity contribution in [3.05, 3.63) is 53.3 Å². The molecule has 22 heavy (non-hydrogen) atoms. The minimum absolute atomic E-state index is 0.108. The van der Waals surface area contributed by atoms with Gasteiger partial charge in [0.05, 0.1) is 11.7 Å². The van der Waals surface area contributed by atoms with Crippen LogP contribution >= 0.6 is 11.8 Å². The van der Waals surface area contributed by atoms with E-state index >= 15 is 0 Å². The summed E-state index contributed by atoms with van der Waals surface area (Å²) in [6.45, 7) is 3.63. The number of thioether (sulfide) groups is 1. The summed E-state index contributed by atoms with van der Waals surface area (Å²) in [4.78, 5) is 0. The molecular weight excluding hydrogens is 307 g/mol. The molecule has 0 N–H and O–H groups in total. The molecule has 114 valence electrons. The lowest BCUT2D eigenvalue weighted by Gasteiger charge is -2.01. The first kappa shape index (κ1) is 14.7. The van der Waals surface area contributed by atoms with Crippen molar-refractivity contribution in [1.29, 1.82) is 0 Å². The van der Waals surface area contributed by atoms with E-state index < -0.39 is 0 Å². The quantitative estimate of drug-likeness (QED) is 0.667. The first-order valence-electron chi connectivity index (χ1n) is 6.64. The summed E-state index contributed by atoms with van der Waals surface area (Å²) in [5.41, 5.74) is 0.517. The molecule has 3 aromatic rings. The zero-order valence-electron chi connectivity index (χ0n) is 12.0. The highest BCUT2D eigenvalue weighted by Gasteiger charge is 2.18. The summed E-state index contributed by atoms with van der Waals surface area (Å²) in [6, 6.07) is 6.50. The third-order valence-electron chi connectivity index (χ3n) is 2.91. The molecule has 2 heterocycles. The zero-order valence-corrected chi connectivity index (χ0v) is 12.8. The molecular formula is C14H13FN4O2S. The topological polar surface area (TPSA) is 77.8 Å². The number of aromatic nitrogens is 4. The molecule has 0 aliphatic carbocycles. The van der Waals surface area contributed by atoms with Crippen LogP contribution in [0.3, 0.4) is 0 Å². The van der Waals surface area contributed by atoms with Crippen LogP contribution in [0.1, 0.15) is 35.4 Å². The molecule has 0 radical (unpaired) electrons. The van der Waals surface area contributed by atoms with Crippen molar-refractivity contribution in [2.45, 2.75) is 30.7 Å². The number of hydrogen-bond donors (Lipinski definition) is 0. The van der Waals surface area contributed by atoms with Crippen LogP contribution in [0.2, 0.25) is 0 Å². The Hall–Kier alpha value is -2.22.